The third-order valence-corrected chi connectivity index (χ3v) is 4.14. The summed E-state index contributed by atoms with van der Waals surface area (Å²) in [6.07, 6.45) is -0.540. The normalized spacial score (nSPS) is 21.2. The lowest BCUT2D eigenvalue weighted by Gasteiger charge is -2.30. The van der Waals surface area contributed by atoms with Crippen molar-refractivity contribution < 1.29 is 14.2 Å². The van der Waals surface area contributed by atoms with Crippen molar-refractivity contribution in [3.05, 3.63) is 62.8 Å². The number of aliphatic hydroxyl groups excluding tert-OH is 1. The highest BCUT2D eigenvalue weighted by Crippen LogP contribution is 2.42. The third-order valence-electron chi connectivity index (χ3n) is 3.36. The second kappa shape index (κ2) is 5.35. The van der Waals surface area contributed by atoms with E-state index < -0.39 is 11.9 Å². The van der Waals surface area contributed by atoms with Crippen molar-refractivity contribution in [2.75, 3.05) is 0 Å². The average Bonchev–Trinajstić information content (AvgIpc) is 2.41. The van der Waals surface area contributed by atoms with Crippen molar-refractivity contribution in [2.24, 2.45) is 0 Å². The number of rotatable bonds is 1. The van der Waals surface area contributed by atoms with E-state index >= 15 is 0 Å². The second-order valence-corrected chi connectivity index (χ2v) is 6.04. The average molecular weight is 358 g/mol. The second-order valence-electron chi connectivity index (χ2n) is 4.71. The highest BCUT2D eigenvalue weighted by atomic mass is 79.9. The van der Waals surface area contributed by atoms with Gasteiger partial charge < -0.3 is 9.84 Å². The Morgan fingerprint density at radius 3 is 2.80 bits per heavy atom. The molecule has 0 aromatic heterocycles. The Labute approximate surface area is 129 Å². The summed E-state index contributed by atoms with van der Waals surface area (Å²) in [7, 11) is 0. The maximum Gasteiger partial charge on any atom is 0.141 e. The summed E-state index contributed by atoms with van der Waals surface area (Å²) in [5.41, 5.74) is 1.51. The molecule has 3 rings (SSSR count). The van der Waals surface area contributed by atoms with E-state index in [1.807, 2.05) is 18.2 Å². The molecule has 0 bridgehead atoms. The molecule has 1 heterocycles. The van der Waals surface area contributed by atoms with E-state index in [9.17, 15) is 9.50 Å². The van der Waals surface area contributed by atoms with Crippen LogP contribution in [0.3, 0.4) is 0 Å². The first-order chi connectivity index (χ1) is 9.54. The molecule has 0 radical (unpaired) electrons. The van der Waals surface area contributed by atoms with Crippen molar-refractivity contribution in [3.63, 3.8) is 0 Å². The van der Waals surface area contributed by atoms with E-state index in [0.717, 1.165) is 15.6 Å². The predicted octanol–water partition coefficient (Wildman–Crippen LogP) is 4.80. The van der Waals surface area contributed by atoms with Crippen LogP contribution in [0.2, 0.25) is 5.02 Å². The van der Waals surface area contributed by atoms with Gasteiger partial charge in [0.25, 0.3) is 0 Å². The zero-order valence-corrected chi connectivity index (χ0v) is 12.7. The first kappa shape index (κ1) is 13.9. The van der Waals surface area contributed by atoms with Crippen LogP contribution in [-0.4, -0.2) is 5.11 Å². The summed E-state index contributed by atoms with van der Waals surface area (Å²) in [4.78, 5) is 0. The fourth-order valence-electron chi connectivity index (χ4n) is 2.33. The van der Waals surface area contributed by atoms with Crippen molar-refractivity contribution in [2.45, 2.75) is 18.6 Å². The molecule has 104 valence electrons. The van der Waals surface area contributed by atoms with Crippen LogP contribution in [0.4, 0.5) is 4.39 Å². The third kappa shape index (κ3) is 2.55. The fraction of sp³-hybridized carbons (Fsp3) is 0.200. The van der Waals surface area contributed by atoms with Gasteiger partial charge in [0.05, 0.1) is 11.1 Å². The first-order valence-corrected chi connectivity index (χ1v) is 7.31. The van der Waals surface area contributed by atoms with Crippen LogP contribution in [0.25, 0.3) is 0 Å². The van der Waals surface area contributed by atoms with E-state index in [1.54, 1.807) is 6.07 Å². The molecule has 2 aromatic rings. The quantitative estimate of drug-likeness (QED) is 0.794. The van der Waals surface area contributed by atoms with Crippen molar-refractivity contribution in [1.82, 2.24) is 0 Å². The molecule has 0 spiro atoms. The molecule has 2 nitrogen and oxygen atoms in total. The SMILES string of the molecule is O[C@@H]1CC(c2ccc(F)c(Cl)c2)Oc2cc(Br)ccc21. The number of hydrogen-bond acceptors (Lipinski definition) is 2. The number of hydrogen-bond donors (Lipinski definition) is 1. The molecule has 2 aromatic carbocycles. The zero-order chi connectivity index (χ0) is 14.3. The molecule has 1 aliphatic heterocycles. The van der Waals surface area contributed by atoms with Gasteiger partial charge in [-0.25, -0.2) is 4.39 Å². The van der Waals surface area contributed by atoms with Gasteiger partial charge in [0.1, 0.15) is 17.7 Å². The highest BCUT2D eigenvalue weighted by Gasteiger charge is 2.28. The van der Waals surface area contributed by atoms with Crippen LogP contribution in [0.1, 0.15) is 29.8 Å². The Bertz CT molecular complexity index is 662. The van der Waals surface area contributed by atoms with Crippen LogP contribution in [0.5, 0.6) is 5.75 Å². The van der Waals surface area contributed by atoms with E-state index in [4.69, 9.17) is 16.3 Å². The lowest BCUT2D eigenvalue weighted by Crippen LogP contribution is -2.19. The number of benzene rings is 2. The van der Waals surface area contributed by atoms with Crippen LogP contribution in [0.15, 0.2) is 40.9 Å². The summed E-state index contributed by atoms with van der Waals surface area (Å²) in [6, 6.07) is 9.98. The van der Waals surface area contributed by atoms with Gasteiger partial charge in [-0.05, 0) is 29.8 Å². The minimum atomic E-state index is -0.610. The molecule has 2 atom stereocenters. The molecule has 0 saturated heterocycles. The van der Waals surface area contributed by atoms with Crippen LogP contribution in [-0.2, 0) is 0 Å². The predicted molar refractivity (Wildman–Crippen MR) is 78.5 cm³/mol. The molecule has 1 aliphatic rings. The monoisotopic (exact) mass is 356 g/mol. The Balaban J connectivity index is 1.96. The smallest absolute Gasteiger partial charge is 0.141 e. The zero-order valence-electron chi connectivity index (χ0n) is 10.3. The summed E-state index contributed by atoms with van der Waals surface area (Å²) < 4.78 is 20.0. The minimum absolute atomic E-state index is 0.0561. The Kier molecular flexibility index (Phi) is 3.71. The molecule has 0 fully saturated rings. The molecular formula is C15H11BrClFO2. The fourth-order valence-corrected chi connectivity index (χ4v) is 2.86. The lowest BCUT2D eigenvalue weighted by molar-refractivity contribution is 0.0656. The van der Waals surface area contributed by atoms with E-state index in [-0.39, 0.29) is 11.1 Å². The molecule has 0 amide bonds. The largest absolute Gasteiger partial charge is 0.485 e. The molecule has 20 heavy (non-hydrogen) atoms. The number of halogens is 3. The van der Waals surface area contributed by atoms with Gasteiger partial charge in [-0.2, -0.15) is 0 Å². The minimum Gasteiger partial charge on any atom is -0.485 e. The summed E-state index contributed by atoms with van der Waals surface area (Å²) >= 11 is 9.17. The van der Waals surface area contributed by atoms with Gasteiger partial charge in [0.15, 0.2) is 0 Å². The van der Waals surface area contributed by atoms with Gasteiger partial charge in [-0.3, -0.25) is 0 Å². The van der Waals surface area contributed by atoms with Gasteiger partial charge in [-0.1, -0.05) is 39.7 Å². The van der Waals surface area contributed by atoms with Crippen LogP contribution < -0.4 is 4.74 Å². The van der Waals surface area contributed by atoms with Crippen molar-refractivity contribution in [3.8, 4) is 5.75 Å². The Hall–Kier alpha value is -1.10. The van der Waals surface area contributed by atoms with Crippen LogP contribution >= 0.6 is 27.5 Å². The maximum atomic E-state index is 13.2. The summed E-state index contributed by atoms with van der Waals surface area (Å²) in [6.45, 7) is 0. The molecule has 1 unspecified atom stereocenters. The summed E-state index contributed by atoms with van der Waals surface area (Å²) in [5, 5.41) is 10.3. The lowest BCUT2D eigenvalue weighted by atomic mass is 9.95. The molecule has 0 aliphatic carbocycles. The Morgan fingerprint density at radius 2 is 2.05 bits per heavy atom. The van der Waals surface area contributed by atoms with Gasteiger partial charge in [0, 0.05) is 16.5 Å². The molecule has 1 N–H and O–H groups in total. The Morgan fingerprint density at radius 1 is 1.25 bits per heavy atom. The van der Waals surface area contributed by atoms with Crippen molar-refractivity contribution >= 4 is 27.5 Å². The molecule has 5 heteroatoms. The maximum absolute atomic E-state index is 13.2. The number of ether oxygens (including phenoxy) is 1. The first-order valence-electron chi connectivity index (χ1n) is 6.13. The van der Waals surface area contributed by atoms with Gasteiger partial charge in [-0.15, -0.1) is 0 Å². The van der Waals surface area contributed by atoms with E-state index in [0.29, 0.717) is 12.2 Å². The highest BCUT2D eigenvalue weighted by molar-refractivity contribution is 9.10. The molecule has 0 saturated carbocycles. The van der Waals surface area contributed by atoms with E-state index in [2.05, 4.69) is 15.9 Å². The van der Waals surface area contributed by atoms with Crippen LogP contribution in [0, 0.1) is 5.82 Å². The standard InChI is InChI=1S/C15H11BrClFO2/c16-9-2-3-10-13(19)7-14(20-15(10)6-9)8-1-4-12(18)11(17)5-8/h1-6,13-14,19H,7H2/t13-,14?/m1/s1. The molecular weight excluding hydrogens is 347 g/mol. The topological polar surface area (TPSA) is 29.5 Å². The van der Waals surface area contributed by atoms with Crippen molar-refractivity contribution in [1.29, 1.82) is 0 Å². The van der Waals surface area contributed by atoms with Gasteiger partial charge in [0.2, 0.25) is 0 Å². The number of fused-ring (bicyclic) bond motifs is 1. The van der Waals surface area contributed by atoms with E-state index in [1.165, 1.54) is 12.1 Å². The van der Waals surface area contributed by atoms with Gasteiger partial charge >= 0.3 is 0 Å². The summed E-state index contributed by atoms with van der Waals surface area (Å²) in [5.74, 6) is 0.165. The number of aliphatic hydroxyl groups is 1.